The Morgan fingerprint density at radius 2 is 0.750 bits per heavy atom. The van der Waals surface area contributed by atoms with Crippen molar-refractivity contribution in [1.29, 1.82) is 0 Å². The van der Waals surface area contributed by atoms with E-state index in [1.807, 2.05) is 0 Å². The van der Waals surface area contributed by atoms with Crippen LogP contribution in [0.5, 0.6) is 11.5 Å². The van der Waals surface area contributed by atoms with Crippen molar-refractivity contribution in [3.8, 4) is 11.5 Å². The highest BCUT2D eigenvalue weighted by molar-refractivity contribution is 8.02. The van der Waals surface area contributed by atoms with Crippen LogP contribution in [0.4, 0.5) is 19.2 Å². The highest BCUT2D eigenvalue weighted by Crippen LogP contribution is 2.44. The zero-order valence-electron chi connectivity index (χ0n) is 69.6. The Bertz CT molecular complexity index is 3990. The molecular formula is C80H118N14O26S4. The van der Waals surface area contributed by atoms with Crippen molar-refractivity contribution in [2.45, 2.75) is 124 Å². The topological polar surface area (TPSA) is 489 Å². The lowest BCUT2D eigenvalue weighted by atomic mass is 10.0. The number of hydrogen-bond acceptors (Lipinski definition) is 28. The summed E-state index contributed by atoms with van der Waals surface area (Å²) in [6.45, 7) is 15.8. The third kappa shape index (κ3) is 33.6. The molecule has 0 spiro atoms. The number of sulfonamides is 2. The summed E-state index contributed by atoms with van der Waals surface area (Å²) in [4.78, 5) is 142. The Kier molecular flexibility index (Phi) is 43.3. The van der Waals surface area contributed by atoms with E-state index in [0.717, 1.165) is 8.61 Å². The highest BCUT2D eigenvalue weighted by atomic mass is 32.2. The second-order valence-corrected chi connectivity index (χ2v) is 36.5. The number of carboxylic acids is 2. The fourth-order valence-electron chi connectivity index (χ4n) is 12.9. The number of aliphatic carboxylic acids is 2. The lowest BCUT2D eigenvalue weighted by Crippen LogP contribution is -2.56. The van der Waals surface area contributed by atoms with Crippen LogP contribution in [-0.2, 0) is 99.6 Å². The molecule has 0 radical (unpaired) electrons. The molecule has 688 valence electrons. The van der Waals surface area contributed by atoms with Gasteiger partial charge in [-0.15, -0.1) is 23.5 Å². The smallest absolute Gasteiger partial charge is 0.415 e. The Morgan fingerprint density at radius 1 is 0.427 bits per heavy atom. The predicted octanol–water partition coefficient (Wildman–Crippen LogP) is 3.09. The van der Waals surface area contributed by atoms with Gasteiger partial charge in [-0.05, 0) is 107 Å². The second-order valence-electron chi connectivity index (χ2n) is 29.5. The first kappa shape index (κ1) is 102. The maximum Gasteiger partial charge on any atom is 0.415 e. The van der Waals surface area contributed by atoms with Crippen molar-refractivity contribution in [3.05, 3.63) is 109 Å². The maximum absolute atomic E-state index is 13.7. The van der Waals surface area contributed by atoms with Gasteiger partial charge in [-0.25, -0.2) is 45.6 Å². The van der Waals surface area contributed by atoms with Crippen LogP contribution in [0.1, 0.15) is 78.4 Å². The van der Waals surface area contributed by atoms with Crippen LogP contribution in [0.25, 0.3) is 0 Å². The zero-order chi connectivity index (χ0) is 88.6. The van der Waals surface area contributed by atoms with E-state index in [2.05, 4.69) is 41.9 Å². The third-order valence-corrected chi connectivity index (χ3v) is 26.3. The number of hydrogen-bond donors (Lipinski definition) is 8. The van der Waals surface area contributed by atoms with E-state index in [1.54, 1.807) is 61.8 Å². The van der Waals surface area contributed by atoms with E-state index in [4.69, 9.17) is 47.4 Å². The number of urea groups is 2. The van der Waals surface area contributed by atoms with E-state index in [0.29, 0.717) is 96.3 Å². The number of nitrogens with one attached hydrogen (secondary N) is 6. The van der Waals surface area contributed by atoms with Crippen LogP contribution >= 0.6 is 23.5 Å². The maximum atomic E-state index is 13.7. The summed E-state index contributed by atoms with van der Waals surface area (Å²) in [6, 6.07) is 12.1. The number of rotatable bonds is 52. The quantitative estimate of drug-likeness (QED) is 0.0294. The molecule has 2 aromatic carbocycles. The summed E-state index contributed by atoms with van der Waals surface area (Å²) < 4.78 is 110. The lowest BCUT2D eigenvalue weighted by Gasteiger charge is -2.34. The number of benzene rings is 2. The van der Waals surface area contributed by atoms with Crippen LogP contribution in [0.2, 0.25) is 0 Å². The number of nitrogens with zero attached hydrogens (tertiary/aromatic N) is 8. The number of carbonyl (C=O) groups is 10. The minimum absolute atomic E-state index is 0. The van der Waals surface area contributed by atoms with Gasteiger partial charge in [0.15, 0.2) is 0 Å². The number of pyridine rings is 2. The minimum atomic E-state index is -4.13. The molecule has 4 aliphatic rings. The molecule has 4 saturated heterocycles. The molecule has 124 heavy (non-hydrogen) atoms. The van der Waals surface area contributed by atoms with Crippen molar-refractivity contribution in [1.82, 2.24) is 70.1 Å². The van der Waals surface area contributed by atoms with Crippen molar-refractivity contribution in [2.24, 2.45) is 0 Å². The molecule has 4 atom stereocenters. The monoisotopic (exact) mass is 1820 g/mol. The predicted molar refractivity (Wildman–Crippen MR) is 454 cm³/mol. The van der Waals surface area contributed by atoms with Crippen LogP contribution in [0, 0.1) is 0 Å². The number of aromatic nitrogens is 2. The Morgan fingerprint density at radius 3 is 1.08 bits per heavy atom. The number of thioether (sulfide) groups is 2. The lowest BCUT2D eigenvalue weighted by molar-refractivity contribution is -0.142. The fourth-order valence-corrected chi connectivity index (χ4v) is 19.1. The van der Waals surface area contributed by atoms with Gasteiger partial charge in [0, 0.05) is 165 Å². The molecule has 0 unspecified atom stereocenters. The SMILES string of the molecule is C.CC1(C)SCN(S(=O)(=O)c2cccnc2)[C@@H]1C(=O)N[C@@H](Cc1ccc(OC(=O)N2CCN(C(=O)NCCOCCOCCC(=O)NCCCOCCOCCCOCCOCCCNC(=O)CCOCCOCCNC(=O)N3CCN(C(=O)Oc4ccc(C[C@H](NC(=O)[C@H]5N(S(=O)(=O)c6cccnc6)CSC5(C)C)C(=O)O)cc4)CC3)CC2)cc1)C(=O)O. The van der Waals surface area contributed by atoms with Gasteiger partial charge in [0.05, 0.1) is 91.0 Å². The van der Waals surface area contributed by atoms with Crippen LogP contribution < -0.4 is 41.4 Å². The van der Waals surface area contributed by atoms with Gasteiger partial charge in [0.2, 0.25) is 43.7 Å². The van der Waals surface area contributed by atoms with E-state index in [-0.39, 0.29) is 208 Å². The molecule has 8 N–H and O–H groups in total. The molecule has 0 saturated carbocycles. The van der Waals surface area contributed by atoms with Gasteiger partial charge in [0.25, 0.3) is 0 Å². The minimum Gasteiger partial charge on any atom is -0.480 e. The molecule has 0 aliphatic carbocycles. The average Bonchev–Trinajstić information content (AvgIpc) is 1.60. The molecule has 6 heterocycles. The van der Waals surface area contributed by atoms with E-state index in [1.165, 1.54) is 107 Å². The number of amides is 10. The fraction of sp³-hybridized carbons (Fsp3) is 0.600. The summed E-state index contributed by atoms with van der Waals surface area (Å²) in [5.74, 6) is -4.10. The molecule has 44 heteroatoms. The van der Waals surface area contributed by atoms with Crippen molar-refractivity contribution < 1.29 is 122 Å². The van der Waals surface area contributed by atoms with Crippen molar-refractivity contribution in [3.63, 3.8) is 0 Å². The summed E-state index contributed by atoms with van der Waals surface area (Å²) in [5, 5.41) is 36.5. The standard InChI is InChI=1S/C79H114N14O26S4.CH4/c1-78(2)68(92(56-120-78)122(106,107)62-10-5-22-80-54-62)70(96)86-64(72(98)99)52-58-12-16-60(17-13-58)118-76(104)90-32-28-88(29-33-90)74(102)84-26-42-116-50-48-114-40-20-66(94)82-24-7-36-110-44-46-112-38-9-39-113-47-45-111-37-8-25-83-67(95)21-41-115-49-51-117-43-27-85-75(103)89-30-34-91(35-31-89)77(105)119-61-18-14-59(15-19-61)53-65(73(100)101)87-71(97)69-79(3,4)121-57-93(69)123(108,109)63-11-6-23-81-55-63;/h5-6,10-19,22-23,54-55,64-65,68-69H,7-9,20-21,24-53,56-57H2,1-4H3,(H,82,94)(H,83,95)(H,84,102)(H,85,103)(H,86,96)(H,87,97)(H,98,99)(H,100,101);1H4/t64-,65-,68+,69+;/m0./s1. The van der Waals surface area contributed by atoms with Crippen LogP contribution in [-0.4, -0.2) is 355 Å². The number of piperazine rings is 2. The van der Waals surface area contributed by atoms with Crippen LogP contribution in [0.3, 0.4) is 0 Å². The van der Waals surface area contributed by atoms with Gasteiger partial charge in [-0.3, -0.25) is 29.1 Å². The number of carboxylic acid groups (broad SMARTS) is 2. The zero-order valence-corrected chi connectivity index (χ0v) is 72.9. The number of ether oxygens (including phenoxy) is 10. The molecule has 2 aromatic heterocycles. The molecular weight excluding hydrogens is 1700 g/mol. The van der Waals surface area contributed by atoms with Gasteiger partial charge in [-0.1, -0.05) is 31.7 Å². The second kappa shape index (κ2) is 52.7. The first-order valence-corrected chi connectivity index (χ1v) is 45.4. The summed E-state index contributed by atoms with van der Waals surface area (Å²) in [7, 11) is -8.26. The molecule has 10 amide bonds. The van der Waals surface area contributed by atoms with E-state index in [9.17, 15) is 75.0 Å². The molecule has 40 nitrogen and oxygen atoms in total. The Hall–Kier alpha value is -9.16. The van der Waals surface area contributed by atoms with E-state index < -0.39 is 89.6 Å². The van der Waals surface area contributed by atoms with Gasteiger partial charge in [-0.2, -0.15) is 8.61 Å². The van der Waals surface area contributed by atoms with Crippen LogP contribution in [0.15, 0.2) is 107 Å². The van der Waals surface area contributed by atoms with Gasteiger partial charge >= 0.3 is 36.2 Å². The van der Waals surface area contributed by atoms with E-state index >= 15 is 0 Å². The summed E-state index contributed by atoms with van der Waals surface area (Å²) in [6.07, 6.45) is 6.04. The third-order valence-electron chi connectivity index (χ3n) is 19.6. The first-order valence-electron chi connectivity index (χ1n) is 40.5. The Balaban J connectivity index is 0.0000211. The molecule has 0 bridgehead atoms. The normalized spacial score (nSPS) is 17.0. The Labute approximate surface area is 731 Å². The number of carbonyl (C=O) groups excluding carboxylic acids is 8. The highest BCUT2D eigenvalue weighted by Gasteiger charge is 2.53. The molecule has 8 rings (SSSR count). The molecule has 4 fully saturated rings. The van der Waals surface area contributed by atoms with Gasteiger partial charge < -0.3 is 109 Å². The van der Waals surface area contributed by atoms with Gasteiger partial charge in [0.1, 0.15) is 45.5 Å². The van der Waals surface area contributed by atoms with Crippen molar-refractivity contribution >= 4 is 103 Å². The average molecular weight is 1820 g/mol. The molecule has 4 aromatic rings. The van der Waals surface area contributed by atoms with Crippen molar-refractivity contribution in [2.75, 3.05) is 196 Å². The summed E-state index contributed by atoms with van der Waals surface area (Å²) in [5.41, 5.74) is 1.01. The largest absolute Gasteiger partial charge is 0.480 e. The summed E-state index contributed by atoms with van der Waals surface area (Å²) >= 11 is 2.51. The first-order chi connectivity index (χ1) is 59.0. The molecule has 4 aliphatic heterocycles.